The zero-order valence-electron chi connectivity index (χ0n) is 13.8. The number of rotatable bonds is 5. The minimum Gasteiger partial charge on any atom is -0.481 e. The summed E-state index contributed by atoms with van der Waals surface area (Å²) in [7, 11) is 0. The molecule has 2 aromatic rings. The summed E-state index contributed by atoms with van der Waals surface area (Å²) >= 11 is 0. The lowest BCUT2D eigenvalue weighted by molar-refractivity contribution is -0.138. The molecule has 0 radical (unpaired) electrons. The second kappa shape index (κ2) is 9.73. The van der Waals surface area contributed by atoms with Gasteiger partial charge in [-0.1, -0.05) is 42.5 Å². The Hall–Kier alpha value is -3.48. The average molecular weight is 360 g/mol. The third kappa shape index (κ3) is 6.56. The van der Waals surface area contributed by atoms with Gasteiger partial charge in [0.05, 0.1) is 5.92 Å². The first kappa shape index (κ1) is 20.6. The molecule has 26 heavy (non-hydrogen) atoms. The summed E-state index contributed by atoms with van der Waals surface area (Å²) in [5.41, 5.74) is 1.74. The summed E-state index contributed by atoms with van der Waals surface area (Å²) in [5.74, 6) is -4.57. The van der Waals surface area contributed by atoms with Crippen molar-refractivity contribution in [2.24, 2.45) is 0 Å². The number of hydrogen-bond acceptors (Lipinski definition) is 3. The van der Waals surface area contributed by atoms with Gasteiger partial charge in [0.1, 0.15) is 5.82 Å². The van der Waals surface area contributed by atoms with Crippen LogP contribution in [0.15, 0.2) is 60.7 Å². The molecular weight excluding hydrogens is 343 g/mol. The van der Waals surface area contributed by atoms with Gasteiger partial charge in [0, 0.05) is 17.7 Å². The molecule has 0 aliphatic heterocycles. The Labute approximate surface area is 148 Å². The minimum atomic E-state index is -1.26. The first-order chi connectivity index (χ1) is 12.2. The zero-order chi connectivity index (χ0) is 19.7. The van der Waals surface area contributed by atoms with Crippen molar-refractivity contribution in [1.82, 2.24) is 0 Å². The van der Waals surface area contributed by atoms with Gasteiger partial charge in [-0.15, -0.1) is 0 Å². The molecule has 0 saturated heterocycles. The lowest BCUT2D eigenvalue weighted by atomic mass is 9.97. The van der Waals surface area contributed by atoms with E-state index in [-0.39, 0.29) is 0 Å². The molecule has 0 amide bonds. The van der Waals surface area contributed by atoms with E-state index in [2.05, 4.69) is 0 Å². The number of halogens is 1. The van der Waals surface area contributed by atoms with Crippen LogP contribution in [-0.4, -0.2) is 33.2 Å². The number of benzene rings is 2. The molecule has 0 bridgehead atoms. The third-order valence-corrected chi connectivity index (χ3v) is 3.32. The molecule has 0 heterocycles. The summed E-state index contributed by atoms with van der Waals surface area (Å²) in [4.78, 5) is 30.0. The molecule has 0 saturated carbocycles. The fraction of sp³-hybridized carbons (Fsp3) is 0.105. The van der Waals surface area contributed by atoms with E-state index in [4.69, 9.17) is 15.3 Å². The smallest absolute Gasteiger partial charge is 0.328 e. The van der Waals surface area contributed by atoms with Crippen molar-refractivity contribution in [2.45, 2.75) is 12.8 Å². The van der Waals surface area contributed by atoms with Crippen LogP contribution in [0.2, 0.25) is 0 Å². The lowest BCUT2D eigenvalue weighted by Gasteiger charge is -2.09. The molecular formula is C19H17FO6. The summed E-state index contributed by atoms with van der Waals surface area (Å²) in [6, 6.07) is 13.7. The van der Waals surface area contributed by atoms with Gasteiger partial charge < -0.3 is 15.3 Å². The van der Waals surface area contributed by atoms with Gasteiger partial charge in [0.2, 0.25) is 0 Å². The van der Waals surface area contributed by atoms with Crippen LogP contribution in [0.25, 0.3) is 11.1 Å². The van der Waals surface area contributed by atoms with Crippen LogP contribution >= 0.6 is 0 Å². The predicted molar refractivity (Wildman–Crippen MR) is 92.3 cm³/mol. The van der Waals surface area contributed by atoms with Gasteiger partial charge in [-0.05, 0) is 24.1 Å². The highest BCUT2D eigenvalue weighted by Gasteiger charge is 2.15. The van der Waals surface area contributed by atoms with Crippen molar-refractivity contribution in [2.75, 3.05) is 0 Å². The highest BCUT2D eigenvalue weighted by atomic mass is 19.1. The number of aliphatic carboxylic acids is 3. The summed E-state index contributed by atoms with van der Waals surface area (Å²) in [5, 5.41) is 24.5. The Kier molecular flexibility index (Phi) is 7.69. The topological polar surface area (TPSA) is 112 Å². The van der Waals surface area contributed by atoms with Crippen LogP contribution < -0.4 is 0 Å². The SMILES string of the molecule is CC(C(=O)O)c1ccc(-c2ccccc2)c(F)c1.O=C(O)/C=C/C(=O)O. The number of carbonyl (C=O) groups is 3. The summed E-state index contributed by atoms with van der Waals surface area (Å²) in [6.45, 7) is 1.54. The maximum absolute atomic E-state index is 14.0. The number of hydrogen-bond donors (Lipinski definition) is 3. The Morgan fingerprint density at radius 3 is 1.88 bits per heavy atom. The summed E-state index contributed by atoms with van der Waals surface area (Å²) < 4.78 is 14.0. The van der Waals surface area contributed by atoms with Gasteiger partial charge in [-0.3, -0.25) is 4.79 Å². The van der Waals surface area contributed by atoms with Crippen LogP contribution in [0, 0.1) is 5.82 Å². The van der Waals surface area contributed by atoms with Gasteiger partial charge >= 0.3 is 17.9 Å². The normalized spacial score (nSPS) is 11.3. The quantitative estimate of drug-likeness (QED) is 0.705. The van der Waals surface area contributed by atoms with E-state index >= 15 is 0 Å². The zero-order valence-corrected chi connectivity index (χ0v) is 13.8. The van der Waals surface area contributed by atoms with Crippen LogP contribution in [0.1, 0.15) is 18.4 Å². The average Bonchev–Trinajstić information content (AvgIpc) is 2.60. The molecule has 1 unspecified atom stereocenters. The highest BCUT2D eigenvalue weighted by molar-refractivity contribution is 5.89. The molecule has 0 fully saturated rings. The standard InChI is InChI=1S/C15H13FO2.C4H4O4/c1-10(15(17)18)12-7-8-13(14(16)9-12)11-5-3-2-4-6-11;5-3(6)1-2-4(7)8/h2-10H,1H3,(H,17,18);1-2H,(H,5,6)(H,7,8)/b;2-1+. The maximum atomic E-state index is 14.0. The molecule has 7 heteroatoms. The van der Waals surface area contributed by atoms with Crippen molar-refractivity contribution >= 4 is 17.9 Å². The molecule has 136 valence electrons. The molecule has 0 aliphatic carbocycles. The van der Waals surface area contributed by atoms with Gasteiger partial charge in [-0.25, -0.2) is 14.0 Å². The molecule has 1 atom stereocenters. The van der Waals surface area contributed by atoms with Crippen molar-refractivity contribution in [3.8, 4) is 11.1 Å². The van der Waals surface area contributed by atoms with E-state index in [1.54, 1.807) is 19.1 Å². The van der Waals surface area contributed by atoms with E-state index in [9.17, 15) is 18.8 Å². The Balaban J connectivity index is 0.000000359. The van der Waals surface area contributed by atoms with Crippen molar-refractivity contribution in [3.05, 3.63) is 72.1 Å². The number of carboxylic acids is 3. The third-order valence-electron chi connectivity index (χ3n) is 3.32. The maximum Gasteiger partial charge on any atom is 0.328 e. The molecule has 6 nitrogen and oxygen atoms in total. The van der Waals surface area contributed by atoms with Crippen LogP contribution in [0.3, 0.4) is 0 Å². The monoisotopic (exact) mass is 360 g/mol. The van der Waals surface area contributed by atoms with E-state index in [0.717, 1.165) is 5.56 Å². The van der Waals surface area contributed by atoms with Crippen molar-refractivity contribution in [3.63, 3.8) is 0 Å². The fourth-order valence-electron chi connectivity index (χ4n) is 1.94. The Morgan fingerprint density at radius 1 is 0.923 bits per heavy atom. The Morgan fingerprint density at radius 2 is 1.46 bits per heavy atom. The fourth-order valence-corrected chi connectivity index (χ4v) is 1.94. The van der Waals surface area contributed by atoms with E-state index in [0.29, 0.717) is 23.3 Å². The summed E-state index contributed by atoms with van der Waals surface area (Å²) in [6.07, 6.45) is 1.12. The predicted octanol–water partition coefficient (Wildman–Crippen LogP) is 3.39. The van der Waals surface area contributed by atoms with Crippen molar-refractivity contribution in [1.29, 1.82) is 0 Å². The first-order valence-corrected chi connectivity index (χ1v) is 7.44. The molecule has 0 aliphatic rings. The minimum absolute atomic E-state index is 0.396. The molecule has 2 rings (SSSR count). The second-order valence-corrected chi connectivity index (χ2v) is 5.18. The Bertz CT molecular complexity index is 798. The van der Waals surface area contributed by atoms with E-state index in [1.165, 1.54) is 6.07 Å². The molecule has 0 aromatic heterocycles. The van der Waals surface area contributed by atoms with Gasteiger partial charge in [0.25, 0.3) is 0 Å². The highest BCUT2D eigenvalue weighted by Crippen LogP contribution is 2.26. The first-order valence-electron chi connectivity index (χ1n) is 7.44. The molecule has 0 spiro atoms. The van der Waals surface area contributed by atoms with Gasteiger partial charge in [-0.2, -0.15) is 0 Å². The van der Waals surface area contributed by atoms with E-state index < -0.39 is 29.6 Å². The molecule has 3 N–H and O–H groups in total. The largest absolute Gasteiger partial charge is 0.481 e. The molecule has 2 aromatic carbocycles. The van der Waals surface area contributed by atoms with Crippen LogP contribution in [0.5, 0.6) is 0 Å². The van der Waals surface area contributed by atoms with Crippen LogP contribution in [0.4, 0.5) is 4.39 Å². The van der Waals surface area contributed by atoms with E-state index in [1.807, 2.05) is 30.3 Å². The van der Waals surface area contributed by atoms with Gasteiger partial charge in [0.15, 0.2) is 0 Å². The second-order valence-electron chi connectivity index (χ2n) is 5.18. The van der Waals surface area contributed by atoms with Crippen LogP contribution in [-0.2, 0) is 14.4 Å². The van der Waals surface area contributed by atoms with Crippen molar-refractivity contribution < 1.29 is 34.1 Å². The lowest BCUT2D eigenvalue weighted by Crippen LogP contribution is -2.07. The number of carboxylic acid groups (broad SMARTS) is 3.